The van der Waals surface area contributed by atoms with E-state index < -0.39 is 15.3 Å². The van der Waals surface area contributed by atoms with Crippen molar-refractivity contribution in [2.75, 3.05) is 0 Å². The van der Waals surface area contributed by atoms with E-state index in [-0.39, 0.29) is 6.41 Å². The van der Waals surface area contributed by atoms with E-state index in [0.29, 0.717) is 12.8 Å². The molecule has 0 fully saturated rings. The van der Waals surface area contributed by atoms with Crippen molar-refractivity contribution in [2.24, 2.45) is 0 Å². The highest BCUT2D eigenvalue weighted by atomic mass is 32.2. The van der Waals surface area contributed by atoms with E-state index in [4.69, 9.17) is 0 Å². The van der Waals surface area contributed by atoms with Crippen LogP contribution in [0.15, 0.2) is 0 Å². The lowest BCUT2D eigenvalue weighted by molar-refractivity contribution is -0.108. The highest BCUT2D eigenvalue weighted by molar-refractivity contribution is 7.90. The molecule has 78 valence electrons. The first-order valence-corrected chi connectivity index (χ1v) is 6.07. The number of amides is 1. The average molecular weight is 207 g/mol. The monoisotopic (exact) mass is 207 g/mol. The smallest absolute Gasteiger partial charge is 0.237 e. The molecule has 4 nitrogen and oxygen atoms in total. The Bertz CT molecular complexity index is 236. The van der Waals surface area contributed by atoms with Gasteiger partial charge in [0.1, 0.15) is 0 Å². The van der Waals surface area contributed by atoms with E-state index in [9.17, 15) is 13.2 Å². The lowest BCUT2D eigenvalue weighted by Crippen LogP contribution is -2.33. The first-order chi connectivity index (χ1) is 6.08. The summed E-state index contributed by atoms with van der Waals surface area (Å²) in [5, 5.41) is -0.433. The molecule has 0 spiro atoms. The zero-order valence-electron chi connectivity index (χ0n) is 8.12. The number of unbranched alkanes of at least 4 members (excludes halogenated alkanes) is 1. The minimum absolute atomic E-state index is 0.226. The summed E-state index contributed by atoms with van der Waals surface area (Å²) < 4.78 is 24.5. The summed E-state index contributed by atoms with van der Waals surface area (Å²) in [6.07, 6.45) is 3.23. The molecule has 0 aliphatic heterocycles. The Morgan fingerprint density at radius 1 is 1.38 bits per heavy atom. The van der Waals surface area contributed by atoms with Crippen molar-refractivity contribution >= 4 is 16.4 Å². The van der Waals surface area contributed by atoms with Gasteiger partial charge in [-0.2, -0.15) is 0 Å². The van der Waals surface area contributed by atoms with E-state index in [1.54, 1.807) is 0 Å². The molecule has 0 aromatic carbocycles. The van der Waals surface area contributed by atoms with Crippen LogP contribution in [-0.4, -0.2) is 20.1 Å². The molecule has 1 N–H and O–H groups in total. The molecule has 0 heterocycles. The molecule has 0 bridgehead atoms. The Morgan fingerprint density at radius 3 is 2.38 bits per heavy atom. The van der Waals surface area contributed by atoms with Gasteiger partial charge in [0, 0.05) is 0 Å². The van der Waals surface area contributed by atoms with Gasteiger partial charge in [-0.15, -0.1) is 0 Å². The van der Waals surface area contributed by atoms with E-state index in [1.165, 1.54) is 0 Å². The van der Waals surface area contributed by atoms with Crippen molar-refractivity contribution in [3.8, 4) is 0 Å². The summed E-state index contributed by atoms with van der Waals surface area (Å²) in [7, 11) is -3.41. The molecule has 0 aliphatic rings. The van der Waals surface area contributed by atoms with Crippen LogP contribution in [0.2, 0.25) is 0 Å². The predicted octanol–water partition coefficient (Wildman–Crippen LogP) is 1.03. The van der Waals surface area contributed by atoms with Crippen molar-refractivity contribution < 1.29 is 13.2 Å². The van der Waals surface area contributed by atoms with Gasteiger partial charge in [-0.25, -0.2) is 8.42 Å². The highest BCUT2D eigenvalue weighted by Gasteiger charge is 2.21. The molecule has 0 aromatic rings. The fourth-order valence-corrected chi connectivity index (χ4v) is 2.42. The maximum atomic E-state index is 11.3. The Hall–Kier alpha value is -0.580. The maximum Gasteiger partial charge on any atom is 0.237 e. The Balaban J connectivity index is 4.28. The first kappa shape index (κ1) is 12.4. The number of sulfonamides is 1. The fraction of sp³-hybridized carbons (Fsp3) is 0.875. The first-order valence-electron chi connectivity index (χ1n) is 4.53. The molecule has 1 amide bonds. The van der Waals surface area contributed by atoms with Crippen molar-refractivity contribution in [3.05, 3.63) is 0 Å². The predicted molar refractivity (Wildman–Crippen MR) is 51.7 cm³/mol. The van der Waals surface area contributed by atoms with Crippen LogP contribution in [0.1, 0.15) is 39.5 Å². The molecule has 0 rings (SSSR count). The molecule has 0 radical (unpaired) electrons. The van der Waals surface area contributed by atoms with Crippen LogP contribution in [0.25, 0.3) is 0 Å². The molecule has 1 unspecified atom stereocenters. The largest absolute Gasteiger partial charge is 0.278 e. The number of carbonyl (C=O) groups is 1. The van der Waals surface area contributed by atoms with Gasteiger partial charge in [-0.3, -0.25) is 9.52 Å². The molecule has 1 atom stereocenters. The summed E-state index contributed by atoms with van der Waals surface area (Å²) >= 11 is 0. The van der Waals surface area contributed by atoms with E-state index in [2.05, 4.69) is 0 Å². The van der Waals surface area contributed by atoms with Gasteiger partial charge in [-0.1, -0.05) is 26.7 Å². The topological polar surface area (TPSA) is 63.2 Å². The van der Waals surface area contributed by atoms with Crippen molar-refractivity contribution in [2.45, 2.75) is 44.8 Å². The van der Waals surface area contributed by atoms with E-state index in [1.807, 2.05) is 18.6 Å². The van der Waals surface area contributed by atoms with E-state index in [0.717, 1.165) is 12.8 Å². The molecule has 0 aliphatic carbocycles. The van der Waals surface area contributed by atoms with Crippen LogP contribution in [0.3, 0.4) is 0 Å². The minimum Gasteiger partial charge on any atom is -0.278 e. The van der Waals surface area contributed by atoms with Gasteiger partial charge in [0.25, 0.3) is 0 Å². The maximum absolute atomic E-state index is 11.3. The molecule has 0 saturated heterocycles. The summed E-state index contributed by atoms with van der Waals surface area (Å²) in [5.74, 6) is 0. The summed E-state index contributed by atoms with van der Waals surface area (Å²) in [6.45, 7) is 3.82. The second-order valence-corrected chi connectivity index (χ2v) is 4.95. The molecule has 0 aromatic heterocycles. The third kappa shape index (κ3) is 4.26. The number of rotatable bonds is 7. The van der Waals surface area contributed by atoms with Gasteiger partial charge in [0.05, 0.1) is 5.25 Å². The van der Waals surface area contributed by atoms with Gasteiger partial charge in [0.15, 0.2) is 0 Å². The van der Waals surface area contributed by atoms with Gasteiger partial charge < -0.3 is 0 Å². The van der Waals surface area contributed by atoms with E-state index >= 15 is 0 Å². The van der Waals surface area contributed by atoms with Crippen LogP contribution in [0.4, 0.5) is 0 Å². The van der Waals surface area contributed by atoms with Crippen LogP contribution in [0.5, 0.6) is 0 Å². The fourth-order valence-electron chi connectivity index (χ4n) is 1.17. The second kappa shape index (κ2) is 5.96. The van der Waals surface area contributed by atoms with Gasteiger partial charge in [-0.05, 0) is 12.8 Å². The van der Waals surface area contributed by atoms with Gasteiger partial charge in [0.2, 0.25) is 16.4 Å². The number of carbonyl (C=O) groups excluding carboxylic acids is 1. The summed E-state index contributed by atoms with van der Waals surface area (Å²) in [4.78, 5) is 10.0. The molecule has 5 heteroatoms. The normalized spacial score (nSPS) is 13.7. The number of hydrogen-bond donors (Lipinski definition) is 1. The summed E-state index contributed by atoms with van der Waals surface area (Å²) in [6, 6.07) is 0. The Labute approximate surface area is 79.8 Å². The second-order valence-electron chi connectivity index (χ2n) is 2.95. The summed E-state index contributed by atoms with van der Waals surface area (Å²) in [5.41, 5.74) is 0. The standard InChI is InChI=1S/C8H17NO3S/c1-3-5-6-8(4-2)13(11,12)9-7-10/h7-8H,3-6H2,1-2H3,(H,9,10). The molecule has 13 heavy (non-hydrogen) atoms. The van der Waals surface area contributed by atoms with Crippen LogP contribution < -0.4 is 4.72 Å². The minimum atomic E-state index is -3.41. The Kier molecular flexibility index (Phi) is 5.70. The van der Waals surface area contributed by atoms with Crippen molar-refractivity contribution in [3.63, 3.8) is 0 Å². The van der Waals surface area contributed by atoms with Crippen LogP contribution in [-0.2, 0) is 14.8 Å². The number of hydrogen-bond acceptors (Lipinski definition) is 3. The highest BCUT2D eigenvalue weighted by Crippen LogP contribution is 2.12. The third-order valence-corrected chi connectivity index (χ3v) is 3.86. The molecular weight excluding hydrogens is 190 g/mol. The zero-order valence-corrected chi connectivity index (χ0v) is 8.93. The quantitative estimate of drug-likeness (QED) is 0.634. The lowest BCUT2D eigenvalue weighted by Gasteiger charge is -2.13. The Morgan fingerprint density at radius 2 is 2.00 bits per heavy atom. The van der Waals surface area contributed by atoms with Crippen molar-refractivity contribution in [1.82, 2.24) is 4.72 Å². The van der Waals surface area contributed by atoms with Crippen molar-refractivity contribution in [1.29, 1.82) is 0 Å². The average Bonchev–Trinajstić information content (AvgIpc) is 2.05. The van der Waals surface area contributed by atoms with Crippen LogP contribution in [0, 0.1) is 0 Å². The molecule has 0 saturated carbocycles. The number of nitrogens with one attached hydrogen (secondary N) is 1. The van der Waals surface area contributed by atoms with Gasteiger partial charge >= 0.3 is 0 Å². The zero-order chi connectivity index (χ0) is 10.3. The molecular formula is C8H17NO3S. The van der Waals surface area contributed by atoms with Crippen LogP contribution >= 0.6 is 0 Å². The SMILES string of the molecule is CCCCC(CC)S(=O)(=O)NC=O. The lowest BCUT2D eigenvalue weighted by atomic mass is 10.2. The third-order valence-electron chi connectivity index (χ3n) is 1.99.